The molecule has 1 aliphatic heterocycles. The average molecular weight is 236 g/mol. The van der Waals surface area contributed by atoms with Gasteiger partial charge in [-0.2, -0.15) is 0 Å². The highest BCUT2D eigenvalue weighted by molar-refractivity contribution is 5.77. The van der Waals surface area contributed by atoms with Crippen molar-refractivity contribution in [3.8, 4) is 16.9 Å². The Bertz CT molecular complexity index is 568. The summed E-state index contributed by atoms with van der Waals surface area (Å²) in [6.45, 7) is 0.435. The van der Waals surface area contributed by atoms with Gasteiger partial charge in [-0.05, 0) is 12.1 Å². The van der Waals surface area contributed by atoms with Gasteiger partial charge in [0.1, 0.15) is 11.6 Å². The SMILES string of the molecule is Nc1oncc1-c1c(F)ccc2c1COCO2. The molecule has 0 amide bonds. The van der Waals surface area contributed by atoms with Crippen LogP contribution in [0.5, 0.6) is 5.75 Å². The molecule has 0 atom stereocenters. The number of aromatic nitrogens is 1. The second-order valence-corrected chi connectivity index (χ2v) is 3.61. The fourth-order valence-electron chi connectivity index (χ4n) is 1.86. The summed E-state index contributed by atoms with van der Waals surface area (Å²) in [6.07, 6.45) is 1.38. The van der Waals surface area contributed by atoms with Crippen molar-refractivity contribution in [1.82, 2.24) is 5.16 Å². The van der Waals surface area contributed by atoms with Gasteiger partial charge in [-0.15, -0.1) is 0 Å². The van der Waals surface area contributed by atoms with Crippen LogP contribution in [0.15, 0.2) is 22.9 Å². The van der Waals surface area contributed by atoms with E-state index in [0.717, 1.165) is 0 Å². The van der Waals surface area contributed by atoms with Gasteiger partial charge in [0.2, 0.25) is 5.88 Å². The van der Waals surface area contributed by atoms with Gasteiger partial charge < -0.3 is 19.7 Å². The van der Waals surface area contributed by atoms with Gasteiger partial charge in [0, 0.05) is 11.1 Å². The number of hydrogen-bond donors (Lipinski definition) is 1. The van der Waals surface area contributed by atoms with Crippen molar-refractivity contribution >= 4 is 5.88 Å². The molecule has 5 nitrogen and oxygen atoms in total. The standard InChI is InChI=1S/C11H9FN2O3/c12-8-1-2-9-7(4-15-5-16-9)10(8)6-3-14-17-11(6)13/h1-3H,4-5,13H2. The Morgan fingerprint density at radius 3 is 3.00 bits per heavy atom. The highest BCUT2D eigenvalue weighted by Crippen LogP contribution is 2.37. The van der Waals surface area contributed by atoms with Crippen molar-refractivity contribution in [2.45, 2.75) is 6.61 Å². The fraction of sp³-hybridized carbons (Fsp3) is 0.182. The molecule has 2 heterocycles. The summed E-state index contributed by atoms with van der Waals surface area (Å²) in [7, 11) is 0. The predicted molar refractivity (Wildman–Crippen MR) is 56.6 cm³/mol. The van der Waals surface area contributed by atoms with Crippen LogP contribution in [0.1, 0.15) is 5.56 Å². The van der Waals surface area contributed by atoms with Crippen molar-refractivity contribution in [3.05, 3.63) is 29.7 Å². The van der Waals surface area contributed by atoms with Crippen LogP contribution in [0.4, 0.5) is 10.3 Å². The summed E-state index contributed by atoms with van der Waals surface area (Å²) in [4.78, 5) is 0. The first kappa shape index (κ1) is 10.1. The third kappa shape index (κ3) is 1.53. The minimum absolute atomic E-state index is 0.0721. The summed E-state index contributed by atoms with van der Waals surface area (Å²) in [6, 6.07) is 2.90. The molecule has 1 aliphatic rings. The number of rotatable bonds is 1. The van der Waals surface area contributed by atoms with Crippen molar-refractivity contribution < 1.29 is 18.4 Å². The van der Waals surface area contributed by atoms with E-state index in [4.69, 9.17) is 19.7 Å². The maximum absolute atomic E-state index is 13.9. The molecular weight excluding hydrogens is 227 g/mol. The Labute approximate surface area is 95.9 Å². The van der Waals surface area contributed by atoms with Crippen LogP contribution in [-0.4, -0.2) is 11.9 Å². The minimum atomic E-state index is -0.409. The number of ether oxygens (including phenoxy) is 2. The Balaban J connectivity index is 2.25. The third-order valence-corrected chi connectivity index (χ3v) is 2.63. The maximum atomic E-state index is 13.9. The molecule has 0 saturated carbocycles. The number of hydrogen-bond acceptors (Lipinski definition) is 5. The van der Waals surface area contributed by atoms with Gasteiger partial charge >= 0.3 is 0 Å². The molecule has 1 aromatic carbocycles. The molecule has 2 N–H and O–H groups in total. The van der Waals surface area contributed by atoms with E-state index >= 15 is 0 Å². The van der Waals surface area contributed by atoms with E-state index in [2.05, 4.69) is 5.16 Å². The topological polar surface area (TPSA) is 70.5 Å². The van der Waals surface area contributed by atoms with Crippen molar-refractivity contribution in [2.75, 3.05) is 12.5 Å². The Kier molecular flexibility index (Phi) is 2.22. The minimum Gasteiger partial charge on any atom is -0.467 e. The maximum Gasteiger partial charge on any atom is 0.230 e. The predicted octanol–water partition coefficient (Wildman–Crippen LogP) is 1.93. The molecule has 0 saturated heterocycles. The lowest BCUT2D eigenvalue weighted by Gasteiger charge is -2.20. The Morgan fingerprint density at radius 2 is 2.24 bits per heavy atom. The molecule has 0 aliphatic carbocycles. The highest BCUT2D eigenvalue weighted by atomic mass is 19.1. The van der Waals surface area contributed by atoms with E-state index in [9.17, 15) is 4.39 Å². The molecule has 0 unspecified atom stereocenters. The molecule has 0 fully saturated rings. The first-order valence-electron chi connectivity index (χ1n) is 5.00. The van der Waals surface area contributed by atoms with E-state index in [-0.39, 0.29) is 19.3 Å². The van der Waals surface area contributed by atoms with Crippen LogP contribution in [0.3, 0.4) is 0 Å². The summed E-state index contributed by atoms with van der Waals surface area (Å²) >= 11 is 0. The Morgan fingerprint density at radius 1 is 1.35 bits per heavy atom. The zero-order valence-corrected chi connectivity index (χ0v) is 8.77. The smallest absolute Gasteiger partial charge is 0.230 e. The Hall–Kier alpha value is -2.08. The van der Waals surface area contributed by atoms with Gasteiger partial charge in [0.25, 0.3) is 0 Å². The molecule has 1 aromatic heterocycles. The van der Waals surface area contributed by atoms with Gasteiger partial charge in [0.15, 0.2) is 6.79 Å². The fourth-order valence-corrected chi connectivity index (χ4v) is 1.86. The molecule has 0 bridgehead atoms. The number of nitrogen functional groups attached to an aromatic ring is 1. The van der Waals surface area contributed by atoms with Crippen LogP contribution in [0.25, 0.3) is 11.1 Å². The lowest BCUT2D eigenvalue weighted by molar-refractivity contribution is -0.0162. The summed E-state index contributed by atoms with van der Waals surface area (Å²) < 4.78 is 29.1. The second-order valence-electron chi connectivity index (χ2n) is 3.61. The number of anilines is 1. The van der Waals surface area contributed by atoms with Gasteiger partial charge in [-0.3, -0.25) is 0 Å². The third-order valence-electron chi connectivity index (χ3n) is 2.63. The summed E-state index contributed by atoms with van der Waals surface area (Å²) in [5, 5.41) is 3.54. The van der Waals surface area contributed by atoms with E-state index in [1.807, 2.05) is 0 Å². The molecule has 6 heteroatoms. The first-order valence-corrected chi connectivity index (χ1v) is 5.00. The van der Waals surface area contributed by atoms with E-state index in [1.54, 1.807) is 6.07 Å². The average Bonchev–Trinajstić information content (AvgIpc) is 2.75. The molecule has 0 spiro atoms. The second kappa shape index (κ2) is 3.74. The largest absolute Gasteiger partial charge is 0.467 e. The van der Waals surface area contributed by atoms with E-state index in [0.29, 0.717) is 22.4 Å². The van der Waals surface area contributed by atoms with Crippen LogP contribution >= 0.6 is 0 Å². The summed E-state index contributed by atoms with van der Waals surface area (Å²) in [5.74, 6) is 0.254. The monoisotopic (exact) mass is 236 g/mol. The lowest BCUT2D eigenvalue weighted by Crippen LogP contribution is -2.13. The van der Waals surface area contributed by atoms with Crippen LogP contribution in [0, 0.1) is 5.82 Å². The number of nitrogens with two attached hydrogens (primary N) is 1. The quantitative estimate of drug-likeness (QED) is 0.819. The molecule has 88 valence electrons. The number of halogens is 1. The van der Waals surface area contributed by atoms with Crippen LogP contribution in [-0.2, 0) is 11.3 Å². The molecular formula is C11H9FN2O3. The van der Waals surface area contributed by atoms with E-state index < -0.39 is 5.82 Å². The van der Waals surface area contributed by atoms with Crippen molar-refractivity contribution in [1.29, 1.82) is 0 Å². The van der Waals surface area contributed by atoms with Crippen LogP contribution < -0.4 is 10.5 Å². The van der Waals surface area contributed by atoms with Gasteiger partial charge in [0.05, 0.1) is 18.4 Å². The molecule has 2 aromatic rings. The summed E-state index contributed by atoms with van der Waals surface area (Å²) in [5.41, 5.74) is 6.94. The van der Waals surface area contributed by atoms with Crippen molar-refractivity contribution in [3.63, 3.8) is 0 Å². The van der Waals surface area contributed by atoms with E-state index in [1.165, 1.54) is 12.3 Å². The number of nitrogens with zero attached hydrogens (tertiary/aromatic N) is 1. The van der Waals surface area contributed by atoms with Crippen molar-refractivity contribution in [2.24, 2.45) is 0 Å². The zero-order chi connectivity index (χ0) is 11.8. The normalized spacial score (nSPS) is 14.2. The first-order chi connectivity index (χ1) is 8.27. The molecule has 0 radical (unpaired) electrons. The molecule has 3 rings (SSSR count). The number of fused-ring (bicyclic) bond motifs is 1. The van der Waals surface area contributed by atoms with Crippen LogP contribution in [0.2, 0.25) is 0 Å². The number of benzene rings is 1. The van der Waals surface area contributed by atoms with Gasteiger partial charge in [-0.1, -0.05) is 5.16 Å². The zero-order valence-electron chi connectivity index (χ0n) is 8.77. The lowest BCUT2D eigenvalue weighted by atomic mass is 10.0. The van der Waals surface area contributed by atoms with Gasteiger partial charge in [-0.25, -0.2) is 4.39 Å². The highest BCUT2D eigenvalue weighted by Gasteiger charge is 2.22. The molecule has 17 heavy (non-hydrogen) atoms.